The summed E-state index contributed by atoms with van der Waals surface area (Å²) in [7, 11) is 0. The summed E-state index contributed by atoms with van der Waals surface area (Å²) in [5.74, 6) is 0.111. The molecule has 0 aromatic carbocycles. The topological polar surface area (TPSA) is 71.4 Å². The van der Waals surface area contributed by atoms with E-state index in [1.165, 1.54) is 12.4 Å². The highest BCUT2D eigenvalue weighted by molar-refractivity contribution is 5.58. The molecule has 2 aromatic rings. The summed E-state index contributed by atoms with van der Waals surface area (Å²) >= 11 is 0. The van der Waals surface area contributed by atoms with Crippen LogP contribution in [0.1, 0.15) is 5.69 Å². The van der Waals surface area contributed by atoms with Crippen LogP contribution in [0, 0.1) is 0 Å². The standard InChI is InChI=1S/C15H13F3N4O2/c16-15(17,18)11-5-12(22-6-10-13(23)9(22)7-24-10)21-14(20-11)8-1-3-19-4-2-8/h1-5,9-10,13,23H,6-7H2/t9-,10-,13+/m1/s1. The van der Waals surface area contributed by atoms with Crippen molar-refractivity contribution in [2.24, 2.45) is 0 Å². The SMILES string of the molecule is O[C@H]1[C@H]2CO[C@@H]1CN2c1cc(C(F)(F)F)nc(-c2ccncc2)n1. The number of aliphatic hydroxyl groups is 1. The second-order valence-corrected chi connectivity index (χ2v) is 5.75. The summed E-state index contributed by atoms with van der Waals surface area (Å²) in [5.41, 5.74) is -0.573. The monoisotopic (exact) mass is 338 g/mol. The molecule has 6 nitrogen and oxygen atoms in total. The van der Waals surface area contributed by atoms with Gasteiger partial charge in [-0.2, -0.15) is 13.2 Å². The molecule has 2 aliphatic heterocycles. The molecule has 0 radical (unpaired) electrons. The van der Waals surface area contributed by atoms with Crippen molar-refractivity contribution in [3.05, 3.63) is 36.3 Å². The van der Waals surface area contributed by atoms with E-state index in [1.54, 1.807) is 17.0 Å². The van der Waals surface area contributed by atoms with Gasteiger partial charge in [-0.3, -0.25) is 4.98 Å². The maximum Gasteiger partial charge on any atom is 0.433 e. The van der Waals surface area contributed by atoms with Crippen LogP contribution in [-0.2, 0) is 10.9 Å². The molecule has 0 unspecified atom stereocenters. The van der Waals surface area contributed by atoms with E-state index in [2.05, 4.69) is 15.0 Å². The summed E-state index contributed by atoms with van der Waals surface area (Å²) < 4.78 is 45.0. The number of ether oxygens (including phenoxy) is 1. The van der Waals surface area contributed by atoms with Gasteiger partial charge in [0, 0.05) is 30.6 Å². The average Bonchev–Trinajstić information content (AvgIpc) is 3.09. The van der Waals surface area contributed by atoms with Crippen molar-refractivity contribution in [1.29, 1.82) is 0 Å². The number of hydrogen-bond acceptors (Lipinski definition) is 6. The third-order valence-corrected chi connectivity index (χ3v) is 4.27. The molecule has 2 fully saturated rings. The number of morpholine rings is 1. The summed E-state index contributed by atoms with van der Waals surface area (Å²) in [4.78, 5) is 13.4. The molecule has 0 aliphatic carbocycles. The van der Waals surface area contributed by atoms with Gasteiger partial charge in [0.15, 0.2) is 11.5 Å². The van der Waals surface area contributed by atoms with Gasteiger partial charge in [-0.1, -0.05) is 0 Å². The van der Waals surface area contributed by atoms with Crippen LogP contribution in [0.2, 0.25) is 0 Å². The normalized spacial score (nSPS) is 26.2. The van der Waals surface area contributed by atoms with Crippen LogP contribution >= 0.6 is 0 Å². The van der Waals surface area contributed by atoms with Crippen LogP contribution < -0.4 is 4.90 Å². The Balaban J connectivity index is 1.79. The van der Waals surface area contributed by atoms with E-state index in [0.29, 0.717) is 12.1 Å². The minimum absolute atomic E-state index is 0.0274. The predicted molar refractivity (Wildman–Crippen MR) is 77.1 cm³/mol. The number of anilines is 1. The lowest BCUT2D eigenvalue weighted by Gasteiger charge is -2.28. The largest absolute Gasteiger partial charge is 0.433 e. The molecular weight excluding hydrogens is 325 g/mol. The predicted octanol–water partition coefficient (Wildman–Crippen LogP) is 1.51. The first-order valence-corrected chi connectivity index (χ1v) is 7.36. The van der Waals surface area contributed by atoms with E-state index in [0.717, 1.165) is 6.07 Å². The number of hydrogen-bond donors (Lipinski definition) is 1. The quantitative estimate of drug-likeness (QED) is 0.895. The van der Waals surface area contributed by atoms with Crippen LogP contribution in [0.5, 0.6) is 0 Å². The van der Waals surface area contributed by atoms with Crippen LogP contribution in [0.3, 0.4) is 0 Å². The highest BCUT2D eigenvalue weighted by Crippen LogP contribution is 2.36. The van der Waals surface area contributed by atoms with E-state index >= 15 is 0 Å². The van der Waals surface area contributed by atoms with E-state index < -0.39 is 30.1 Å². The Morgan fingerprint density at radius 1 is 1.21 bits per heavy atom. The maximum atomic E-state index is 13.2. The molecule has 2 saturated heterocycles. The number of aliphatic hydroxyl groups excluding tert-OH is 1. The zero-order valence-corrected chi connectivity index (χ0v) is 12.3. The molecule has 0 spiro atoms. The molecule has 0 amide bonds. The Labute approximate surface area is 134 Å². The van der Waals surface area contributed by atoms with Crippen molar-refractivity contribution in [2.45, 2.75) is 24.4 Å². The summed E-state index contributed by atoms with van der Waals surface area (Å²) in [6, 6.07) is 3.62. The second kappa shape index (κ2) is 5.38. The van der Waals surface area contributed by atoms with Crippen molar-refractivity contribution in [2.75, 3.05) is 18.1 Å². The van der Waals surface area contributed by atoms with Gasteiger partial charge in [-0.05, 0) is 12.1 Å². The Morgan fingerprint density at radius 3 is 2.54 bits per heavy atom. The second-order valence-electron chi connectivity index (χ2n) is 5.75. The van der Waals surface area contributed by atoms with E-state index in [9.17, 15) is 18.3 Å². The third-order valence-electron chi connectivity index (χ3n) is 4.27. The van der Waals surface area contributed by atoms with Crippen molar-refractivity contribution in [3.63, 3.8) is 0 Å². The van der Waals surface area contributed by atoms with Gasteiger partial charge in [-0.25, -0.2) is 9.97 Å². The number of nitrogens with zero attached hydrogens (tertiary/aromatic N) is 4. The van der Waals surface area contributed by atoms with Crippen LogP contribution in [0.25, 0.3) is 11.4 Å². The van der Waals surface area contributed by atoms with Gasteiger partial charge in [0.1, 0.15) is 18.0 Å². The molecule has 4 rings (SSSR count). The molecule has 2 aliphatic rings. The average molecular weight is 338 g/mol. The number of pyridine rings is 1. The van der Waals surface area contributed by atoms with Gasteiger partial charge in [0.05, 0.1) is 12.6 Å². The number of fused-ring (bicyclic) bond motifs is 2. The summed E-state index contributed by atoms with van der Waals surface area (Å²) in [5, 5.41) is 10.0. The Kier molecular flexibility index (Phi) is 3.43. The van der Waals surface area contributed by atoms with E-state index in [1.807, 2.05) is 0 Å². The first-order valence-electron chi connectivity index (χ1n) is 7.36. The first kappa shape index (κ1) is 15.3. The fourth-order valence-electron chi connectivity index (χ4n) is 3.05. The molecule has 126 valence electrons. The molecule has 1 N–H and O–H groups in total. The highest BCUT2D eigenvalue weighted by atomic mass is 19.4. The number of aromatic nitrogens is 3. The highest BCUT2D eigenvalue weighted by Gasteiger charge is 2.48. The Hall–Kier alpha value is -2.26. The van der Waals surface area contributed by atoms with E-state index in [-0.39, 0.29) is 18.2 Å². The molecule has 2 aromatic heterocycles. The zero-order valence-electron chi connectivity index (χ0n) is 12.3. The minimum atomic E-state index is -4.59. The van der Waals surface area contributed by atoms with Crippen LogP contribution in [0.15, 0.2) is 30.6 Å². The third kappa shape index (κ3) is 2.49. The van der Waals surface area contributed by atoms with Crippen molar-refractivity contribution in [1.82, 2.24) is 15.0 Å². The first-order chi connectivity index (χ1) is 11.4. The summed E-state index contributed by atoms with van der Waals surface area (Å²) in [6.45, 7) is 0.567. The van der Waals surface area contributed by atoms with Gasteiger partial charge in [0.2, 0.25) is 0 Å². The fraction of sp³-hybridized carbons (Fsp3) is 0.400. The van der Waals surface area contributed by atoms with Crippen molar-refractivity contribution >= 4 is 5.82 Å². The number of rotatable bonds is 2. The molecule has 4 heterocycles. The molecular formula is C15H13F3N4O2. The molecule has 2 bridgehead atoms. The summed E-state index contributed by atoms with van der Waals surface area (Å²) in [6.07, 6.45) is -2.78. The van der Waals surface area contributed by atoms with Crippen molar-refractivity contribution < 1.29 is 23.0 Å². The van der Waals surface area contributed by atoms with Crippen molar-refractivity contribution in [3.8, 4) is 11.4 Å². The van der Waals surface area contributed by atoms with Crippen LogP contribution in [0.4, 0.5) is 19.0 Å². The lowest BCUT2D eigenvalue weighted by molar-refractivity contribution is -0.141. The van der Waals surface area contributed by atoms with Gasteiger partial charge in [-0.15, -0.1) is 0 Å². The maximum absolute atomic E-state index is 13.2. The Morgan fingerprint density at radius 2 is 1.96 bits per heavy atom. The number of alkyl halides is 3. The Bertz CT molecular complexity index is 756. The lowest BCUT2D eigenvalue weighted by Crippen LogP contribution is -2.39. The van der Waals surface area contributed by atoms with Gasteiger partial charge < -0.3 is 14.7 Å². The zero-order chi connectivity index (χ0) is 16.9. The molecule has 0 saturated carbocycles. The minimum Gasteiger partial charge on any atom is -0.388 e. The fourth-order valence-corrected chi connectivity index (χ4v) is 3.05. The van der Waals surface area contributed by atoms with Gasteiger partial charge >= 0.3 is 6.18 Å². The smallest absolute Gasteiger partial charge is 0.388 e. The molecule has 24 heavy (non-hydrogen) atoms. The lowest BCUT2D eigenvalue weighted by atomic mass is 10.2. The van der Waals surface area contributed by atoms with E-state index in [4.69, 9.17) is 4.74 Å². The van der Waals surface area contributed by atoms with Crippen LogP contribution in [-0.4, -0.2) is 51.5 Å². The molecule has 3 atom stereocenters. The van der Waals surface area contributed by atoms with Gasteiger partial charge in [0.25, 0.3) is 0 Å². The molecule has 9 heteroatoms. The number of halogens is 3.